The average molecular weight is 983 g/mol. The van der Waals surface area contributed by atoms with Gasteiger partial charge in [0.25, 0.3) is 0 Å². The maximum Gasteiger partial charge on any atom is 0.178 e. The molecule has 3 aliphatic carbocycles. The molecule has 0 atom stereocenters. The van der Waals surface area contributed by atoms with E-state index >= 15 is 0 Å². The number of allylic oxidation sites excluding steroid dienone is 6. The molecule has 0 heterocycles. The summed E-state index contributed by atoms with van der Waals surface area (Å²) in [5.74, 6) is -0.0341. The normalized spacial score (nSPS) is 15.7. The number of benzene rings is 6. The third kappa shape index (κ3) is 22.7. The van der Waals surface area contributed by atoms with E-state index in [1.807, 2.05) is 218 Å². The van der Waals surface area contributed by atoms with Gasteiger partial charge in [-0.15, -0.1) is 0 Å². The van der Waals surface area contributed by atoms with Crippen molar-refractivity contribution >= 4 is 61.7 Å². The second-order valence-corrected chi connectivity index (χ2v) is 22.1. The van der Waals surface area contributed by atoms with Crippen molar-refractivity contribution in [3.05, 3.63) is 252 Å². The van der Waals surface area contributed by atoms with Gasteiger partial charge < -0.3 is 0 Å². The Morgan fingerprint density at radius 2 is 0.425 bits per heavy atom. The van der Waals surface area contributed by atoms with Crippen molar-refractivity contribution in [2.45, 2.75) is 113 Å². The Bertz CT molecular complexity index is 2180. The highest BCUT2D eigenvalue weighted by molar-refractivity contribution is 7.60. The first-order chi connectivity index (χ1) is 36.0. The van der Waals surface area contributed by atoms with Crippen molar-refractivity contribution in [3.8, 4) is 0 Å². The van der Waals surface area contributed by atoms with E-state index in [-0.39, 0.29) is 17.3 Å². The van der Waals surface area contributed by atoms with Gasteiger partial charge in [0.1, 0.15) is 0 Å². The van der Waals surface area contributed by atoms with E-state index in [0.717, 1.165) is 33.4 Å². The van der Waals surface area contributed by atoms with Crippen LogP contribution in [0.2, 0.25) is 0 Å². The van der Waals surface area contributed by atoms with Gasteiger partial charge in [-0.05, 0) is 125 Å². The van der Waals surface area contributed by atoms with E-state index in [1.54, 1.807) is 114 Å². The highest BCUT2D eigenvalue weighted by atomic mass is 31.1. The third-order valence-electron chi connectivity index (χ3n) is 13.4. The van der Waals surface area contributed by atoms with Crippen LogP contribution in [-0.4, -0.2) is 34.3 Å². The van der Waals surface area contributed by atoms with E-state index < -0.39 is 0 Å². The predicted molar refractivity (Wildman–Crippen MR) is 315 cm³/mol. The van der Waals surface area contributed by atoms with E-state index in [9.17, 15) is 14.4 Å². The van der Waals surface area contributed by atoms with Crippen molar-refractivity contribution in [1.82, 2.24) is 0 Å². The van der Waals surface area contributed by atoms with Crippen molar-refractivity contribution in [1.29, 1.82) is 0 Å². The molecule has 0 bridgehead atoms. The summed E-state index contributed by atoms with van der Waals surface area (Å²) in [4.78, 5) is 34.8. The highest BCUT2D eigenvalue weighted by Crippen LogP contribution is 2.61. The largest absolute Gasteiger partial charge is 0.290 e. The molecule has 0 saturated heterocycles. The number of carbonyl (C=O) groups is 3. The van der Waals surface area contributed by atoms with Gasteiger partial charge in [0.2, 0.25) is 0 Å². The molecule has 374 valence electrons. The standard InChI is InChI=1S/C18H33P.3C17H14O/c1-4-10-16(11-5-1)19(17-12-6-2-7-13-17)18-14-8-3-9-15-18;3*18-17(13-11-15-7-3-1-4-8-15)14-12-16-9-5-2-6-10-16/h16-18H,1-15H2;3*1-14H. The van der Waals surface area contributed by atoms with Crippen LogP contribution in [0.15, 0.2) is 218 Å². The molecule has 0 N–H and O–H groups in total. The molecule has 3 nitrogen and oxygen atoms in total. The minimum Gasteiger partial charge on any atom is -0.290 e. The molecule has 0 amide bonds. The van der Waals surface area contributed by atoms with Gasteiger partial charge in [-0.25, -0.2) is 0 Å². The Labute approximate surface area is 439 Å². The van der Waals surface area contributed by atoms with Crippen LogP contribution >= 0.6 is 7.92 Å². The molecule has 3 saturated carbocycles. The zero-order chi connectivity index (χ0) is 50.8. The molecule has 4 heteroatoms. The first kappa shape index (κ1) is 55.5. The van der Waals surface area contributed by atoms with Gasteiger partial charge >= 0.3 is 0 Å². The van der Waals surface area contributed by atoms with Crippen LogP contribution in [-0.2, 0) is 14.4 Å². The minimum atomic E-state index is -0.0114. The van der Waals surface area contributed by atoms with Crippen LogP contribution in [0.3, 0.4) is 0 Å². The number of rotatable bonds is 15. The molecule has 3 fully saturated rings. The molecule has 73 heavy (non-hydrogen) atoms. The number of ketones is 3. The van der Waals surface area contributed by atoms with Gasteiger partial charge in [0.05, 0.1) is 0 Å². The average Bonchev–Trinajstić information content (AvgIpc) is 3.47. The monoisotopic (exact) mass is 983 g/mol. The number of hydrogen-bond acceptors (Lipinski definition) is 3. The van der Waals surface area contributed by atoms with E-state index in [4.69, 9.17) is 0 Å². The van der Waals surface area contributed by atoms with Crippen molar-refractivity contribution in [2.24, 2.45) is 0 Å². The molecule has 9 rings (SSSR count). The summed E-state index contributed by atoms with van der Waals surface area (Å²) in [5.41, 5.74) is 9.73. The zero-order valence-electron chi connectivity index (χ0n) is 42.8. The fourth-order valence-corrected chi connectivity index (χ4v) is 14.3. The molecule has 6 aromatic carbocycles. The Morgan fingerprint density at radius 3 is 0.589 bits per heavy atom. The summed E-state index contributed by atoms with van der Waals surface area (Å²) in [6.07, 6.45) is 44.0. The Kier molecular flexibility index (Phi) is 25.7. The summed E-state index contributed by atoms with van der Waals surface area (Å²) < 4.78 is 0. The third-order valence-corrected chi connectivity index (χ3v) is 17.5. The smallest absolute Gasteiger partial charge is 0.178 e. The molecular formula is C69H75O3P. The lowest BCUT2D eigenvalue weighted by molar-refractivity contribution is -0.111. The lowest BCUT2D eigenvalue weighted by atomic mass is 9.99. The Morgan fingerprint density at radius 1 is 0.260 bits per heavy atom. The number of carbonyl (C=O) groups excluding carboxylic acids is 3. The summed E-state index contributed by atoms with van der Waals surface area (Å²) in [5, 5.41) is 0. The molecular weight excluding hydrogens is 908 g/mol. The van der Waals surface area contributed by atoms with Crippen molar-refractivity contribution in [3.63, 3.8) is 0 Å². The Balaban J connectivity index is 0.000000159. The van der Waals surface area contributed by atoms with Gasteiger partial charge in [0.15, 0.2) is 17.3 Å². The second-order valence-electron chi connectivity index (χ2n) is 19.0. The van der Waals surface area contributed by atoms with E-state index in [1.165, 1.54) is 36.2 Å². The molecule has 0 spiro atoms. The first-order valence-corrected chi connectivity index (χ1v) is 28.3. The molecule has 0 unspecified atom stereocenters. The zero-order valence-corrected chi connectivity index (χ0v) is 43.7. The van der Waals surface area contributed by atoms with Crippen molar-refractivity contribution < 1.29 is 14.4 Å². The second kappa shape index (κ2) is 33.8. The van der Waals surface area contributed by atoms with Crippen LogP contribution in [0.25, 0.3) is 36.5 Å². The van der Waals surface area contributed by atoms with Crippen LogP contribution in [0.1, 0.15) is 130 Å². The van der Waals surface area contributed by atoms with Gasteiger partial charge in [-0.3, -0.25) is 14.4 Å². The number of hydrogen-bond donors (Lipinski definition) is 0. The lowest BCUT2D eigenvalue weighted by Gasteiger charge is -2.44. The lowest BCUT2D eigenvalue weighted by Crippen LogP contribution is -2.28. The topological polar surface area (TPSA) is 51.2 Å². The van der Waals surface area contributed by atoms with Crippen molar-refractivity contribution in [2.75, 3.05) is 0 Å². The van der Waals surface area contributed by atoms with Crippen LogP contribution in [0.5, 0.6) is 0 Å². The SMILES string of the molecule is C1CCC(P(C2CCCCC2)C2CCCCC2)CC1.O=C(C=Cc1ccccc1)C=Cc1ccccc1.O=C(C=Cc1ccccc1)C=Cc1ccccc1.O=C(C=Cc1ccccc1)C=Cc1ccccc1. The van der Waals surface area contributed by atoms with Crippen LogP contribution in [0.4, 0.5) is 0 Å². The Hall–Kier alpha value is -6.80. The maximum atomic E-state index is 11.6. The highest BCUT2D eigenvalue weighted by Gasteiger charge is 2.36. The van der Waals surface area contributed by atoms with Crippen LogP contribution < -0.4 is 0 Å². The minimum absolute atomic E-state index is 0.0114. The quantitative estimate of drug-likeness (QED) is 0.0761. The predicted octanol–water partition coefficient (Wildman–Crippen LogP) is 18.4. The first-order valence-electron chi connectivity index (χ1n) is 26.8. The fraction of sp³-hybridized carbons (Fsp3) is 0.261. The van der Waals surface area contributed by atoms with E-state index in [0.29, 0.717) is 7.92 Å². The summed E-state index contributed by atoms with van der Waals surface area (Å²) in [6, 6.07) is 58.7. The molecule has 6 aromatic rings. The van der Waals surface area contributed by atoms with Gasteiger partial charge in [0, 0.05) is 0 Å². The molecule has 3 aliphatic rings. The molecule has 0 aliphatic heterocycles. The van der Waals surface area contributed by atoms with Crippen LogP contribution in [0, 0.1) is 0 Å². The molecule has 0 aromatic heterocycles. The fourth-order valence-electron chi connectivity index (χ4n) is 9.65. The molecule has 0 radical (unpaired) electrons. The van der Waals surface area contributed by atoms with Gasteiger partial charge in [-0.1, -0.05) is 284 Å². The van der Waals surface area contributed by atoms with E-state index in [2.05, 4.69) is 0 Å². The van der Waals surface area contributed by atoms with Gasteiger partial charge in [-0.2, -0.15) is 0 Å². The summed E-state index contributed by atoms with van der Waals surface area (Å²) >= 11 is 0. The summed E-state index contributed by atoms with van der Waals surface area (Å²) in [7, 11) is 0.385. The maximum absolute atomic E-state index is 11.6. The summed E-state index contributed by atoms with van der Waals surface area (Å²) in [6.45, 7) is 0.